The summed E-state index contributed by atoms with van der Waals surface area (Å²) in [6.45, 7) is 1.23. The Morgan fingerprint density at radius 1 is 1.14 bits per heavy atom. The molecule has 114 valence electrons. The third-order valence-corrected chi connectivity index (χ3v) is 3.66. The van der Waals surface area contributed by atoms with E-state index in [1.165, 1.54) is 25.7 Å². The summed E-state index contributed by atoms with van der Waals surface area (Å²) in [6, 6.07) is 9.78. The average molecular weight is 288 g/mol. The van der Waals surface area contributed by atoms with Gasteiger partial charge in [0.05, 0.1) is 0 Å². The van der Waals surface area contributed by atoms with Crippen LogP contribution >= 0.6 is 0 Å². The molecule has 0 heterocycles. The first kappa shape index (κ1) is 15.4. The first-order chi connectivity index (χ1) is 10.3. The van der Waals surface area contributed by atoms with Crippen molar-refractivity contribution >= 4 is 11.9 Å². The van der Waals surface area contributed by atoms with Crippen LogP contribution in [0.4, 0.5) is 0 Å². The van der Waals surface area contributed by atoms with Gasteiger partial charge in [-0.05, 0) is 25.0 Å². The summed E-state index contributed by atoms with van der Waals surface area (Å²) in [7, 11) is 1.77. The number of rotatable bonds is 5. The minimum absolute atomic E-state index is 0.0452. The molecule has 0 aromatic heterocycles. The summed E-state index contributed by atoms with van der Waals surface area (Å²) >= 11 is 0. The molecule has 0 unspecified atom stereocenters. The standard InChI is InChI=1S/C16H24N4O/c1-17-16(20-14-9-5-6-10-14)19-12-11-18-15(21)13-7-3-2-4-8-13/h2-4,7-8,14H,5-6,9-12H2,1H3,(H,18,21)(H2,17,19,20). The van der Waals surface area contributed by atoms with E-state index in [1.54, 1.807) is 7.05 Å². The zero-order chi connectivity index (χ0) is 14.9. The fraction of sp³-hybridized carbons (Fsp3) is 0.500. The highest BCUT2D eigenvalue weighted by molar-refractivity contribution is 5.94. The van der Waals surface area contributed by atoms with E-state index in [4.69, 9.17) is 0 Å². The van der Waals surface area contributed by atoms with E-state index in [1.807, 2.05) is 30.3 Å². The monoisotopic (exact) mass is 288 g/mol. The van der Waals surface area contributed by atoms with Crippen LogP contribution < -0.4 is 16.0 Å². The molecular weight excluding hydrogens is 264 g/mol. The molecule has 5 nitrogen and oxygen atoms in total. The van der Waals surface area contributed by atoms with Gasteiger partial charge in [-0.2, -0.15) is 0 Å². The number of carbonyl (C=O) groups is 1. The van der Waals surface area contributed by atoms with Gasteiger partial charge in [0.2, 0.25) is 0 Å². The molecule has 0 saturated heterocycles. The van der Waals surface area contributed by atoms with Crippen molar-refractivity contribution in [1.29, 1.82) is 0 Å². The number of benzene rings is 1. The minimum Gasteiger partial charge on any atom is -0.355 e. The number of guanidine groups is 1. The zero-order valence-corrected chi connectivity index (χ0v) is 12.6. The Hall–Kier alpha value is -2.04. The summed E-state index contributed by atoms with van der Waals surface area (Å²) < 4.78 is 0. The summed E-state index contributed by atoms with van der Waals surface area (Å²) in [5.74, 6) is 0.770. The van der Waals surface area contributed by atoms with Crippen LogP contribution in [0.3, 0.4) is 0 Å². The van der Waals surface area contributed by atoms with Gasteiger partial charge in [-0.3, -0.25) is 9.79 Å². The fourth-order valence-corrected chi connectivity index (χ4v) is 2.51. The van der Waals surface area contributed by atoms with Gasteiger partial charge in [-0.15, -0.1) is 0 Å². The van der Waals surface area contributed by atoms with Crippen LogP contribution in [-0.2, 0) is 0 Å². The fourth-order valence-electron chi connectivity index (χ4n) is 2.51. The molecule has 0 spiro atoms. The minimum atomic E-state index is -0.0452. The SMILES string of the molecule is CN=C(NCCNC(=O)c1ccccc1)NC1CCCC1. The number of carbonyl (C=O) groups excluding carboxylic acids is 1. The predicted octanol–water partition coefficient (Wildman–Crippen LogP) is 1.52. The van der Waals surface area contributed by atoms with Gasteiger partial charge < -0.3 is 16.0 Å². The van der Waals surface area contributed by atoms with Gasteiger partial charge in [-0.25, -0.2) is 0 Å². The van der Waals surface area contributed by atoms with Gasteiger partial charge in [0.1, 0.15) is 0 Å². The van der Waals surface area contributed by atoms with Gasteiger partial charge in [0.15, 0.2) is 5.96 Å². The molecule has 1 aliphatic rings. The number of nitrogens with one attached hydrogen (secondary N) is 3. The normalized spacial score (nSPS) is 15.8. The Kier molecular flexibility index (Phi) is 6.06. The Morgan fingerprint density at radius 3 is 2.48 bits per heavy atom. The largest absolute Gasteiger partial charge is 0.355 e. The molecule has 1 aromatic rings. The first-order valence-electron chi connectivity index (χ1n) is 7.60. The van der Waals surface area contributed by atoms with Crippen LogP contribution in [0.2, 0.25) is 0 Å². The lowest BCUT2D eigenvalue weighted by Gasteiger charge is -2.16. The van der Waals surface area contributed by atoms with Crippen LogP contribution in [0.5, 0.6) is 0 Å². The van der Waals surface area contributed by atoms with Crippen LogP contribution in [0.15, 0.2) is 35.3 Å². The second-order valence-electron chi connectivity index (χ2n) is 5.25. The van der Waals surface area contributed by atoms with Crippen molar-refractivity contribution in [1.82, 2.24) is 16.0 Å². The van der Waals surface area contributed by atoms with E-state index in [2.05, 4.69) is 20.9 Å². The van der Waals surface area contributed by atoms with Crippen LogP contribution in [0.25, 0.3) is 0 Å². The van der Waals surface area contributed by atoms with Gasteiger partial charge >= 0.3 is 0 Å². The van der Waals surface area contributed by atoms with Crippen molar-refractivity contribution in [3.63, 3.8) is 0 Å². The van der Waals surface area contributed by atoms with Crippen molar-refractivity contribution in [3.8, 4) is 0 Å². The molecule has 1 amide bonds. The maximum absolute atomic E-state index is 11.9. The molecule has 5 heteroatoms. The molecule has 1 aliphatic carbocycles. The Bertz CT molecular complexity index is 466. The lowest BCUT2D eigenvalue weighted by atomic mass is 10.2. The topological polar surface area (TPSA) is 65.5 Å². The molecular formula is C16H24N4O. The highest BCUT2D eigenvalue weighted by Gasteiger charge is 2.15. The van der Waals surface area contributed by atoms with Crippen molar-refractivity contribution in [2.24, 2.45) is 4.99 Å². The molecule has 0 bridgehead atoms. The molecule has 21 heavy (non-hydrogen) atoms. The summed E-state index contributed by atoms with van der Waals surface area (Å²) in [5.41, 5.74) is 0.686. The van der Waals surface area contributed by atoms with Gasteiger partial charge in [0.25, 0.3) is 5.91 Å². The number of amides is 1. The van der Waals surface area contributed by atoms with E-state index in [9.17, 15) is 4.79 Å². The summed E-state index contributed by atoms with van der Waals surface area (Å²) in [5, 5.41) is 9.53. The molecule has 0 radical (unpaired) electrons. The molecule has 1 fully saturated rings. The van der Waals surface area contributed by atoms with E-state index in [0.29, 0.717) is 24.7 Å². The van der Waals surface area contributed by atoms with E-state index >= 15 is 0 Å². The number of hydrogen-bond donors (Lipinski definition) is 3. The van der Waals surface area contributed by atoms with E-state index in [-0.39, 0.29) is 5.91 Å². The third kappa shape index (κ3) is 5.10. The second kappa shape index (κ2) is 8.29. The second-order valence-corrected chi connectivity index (χ2v) is 5.25. The van der Waals surface area contributed by atoms with Crippen LogP contribution in [-0.4, -0.2) is 38.0 Å². The average Bonchev–Trinajstić information content (AvgIpc) is 3.04. The van der Waals surface area contributed by atoms with Crippen molar-refractivity contribution in [3.05, 3.63) is 35.9 Å². The lowest BCUT2D eigenvalue weighted by Crippen LogP contribution is -2.44. The van der Waals surface area contributed by atoms with E-state index in [0.717, 1.165) is 5.96 Å². The quantitative estimate of drug-likeness (QED) is 0.437. The smallest absolute Gasteiger partial charge is 0.251 e. The highest BCUT2D eigenvalue weighted by atomic mass is 16.1. The van der Waals surface area contributed by atoms with Crippen molar-refractivity contribution < 1.29 is 4.79 Å². The Balaban J connectivity index is 1.65. The van der Waals surface area contributed by atoms with Crippen molar-refractivity contribution in [2.45, 2.75) is 31.7 Å². The predicted molar refractivity (Wildman–Crippen MR) is 85.5 cm³/mol. The zero-order valence-electron chi connectivity index (χ0n) is 12.6. The Morgan fingerprint density at radius 2 is 1.81 bits per heavy atom. The molecule has 0 atom stereocenters. The highest BCUT2D eigenvalue weighted by Crippen LogP contribution is 2.17. The van der Waals surface area contributed by atoms with Crippen LogP contribution in [0, 0.1) is 0 Å². The number of hydrogen-bond acceptors (Lipinski definition) is 2. The summed E-state index contributed by atoms with van der Waals surface area (Å²) in [4.78, 5) is 16.1. The maximum Gasteiger partial charge on any atom is 0.251 e. The summed E-state index contributed by atoms with van der Waals surface area (Å²) in [6.07, 6.45) is 5.01. The van der Waals surface area contributed by atoms with Crippen molar-refractivity contribution in [2.75, 3.05) is 20.1 Å². The van der Waals surface area contributed by atoms with E-state index < -0.39 is 0 Å². The lowest BCUT2D eigenvalue weighted by molar-refractivity contribution is 0.0954. The molecule has 1 saturated carbocycles. The first-order valence-corrected chi connectivity index (χ1v) is 7.60. The van der Waals surface area contributed by atoms with Gasteiger partial charge in [-0.1, -0.05) is 31.0 Å². The van der Waals surface area contributed by atoms with Crippen LogP contribution in [0.1, 0.15) is 36.0 Å². The Labute approximate surface area is 126 Å². The molecule has 2 rings (SSSR count). The van der Waals surface area contributed by atoms with Gasteiger partial charge in [0, 0.05) is 31.7 Å². The molecule has 1 aromatic carbocycles. The number of nitrogens with zero attached hydrogens (tertiary/aromatic N) is 1. The molecule has 3 N–H and O–H groups in total. The molecule has 0 aliphatic heterocycles. The maximum atomic E-state index is 11.9. The third-order valence-electron chi connectivity index (χ3n) is 3.66. The number of aliphatic imine (C=N–C) groups is 1.